The number of hydrogen-bond donors (Lipinski definition) is 2. The average Bonchev–Trinajstić information content (AvgIpc) is 2.53. The third-order valence-corrected chi connectivity index (χ3v) is 2.72. The number of ether oxygens (including phenoxy) is 2. The normalized spacial score (nSPS) is 10.0. The summed E-state index contributed by atoms with van der Waals surface area (Å²) in [5.41, 5.74) is 3.20. The number of nitrogens with one attached hydrogen (secondary N) is 1. The van der Waals surface area contributed by atoms with Gasteiger partial charge < -0.3 is 14.9 Å². The van der Waals surface area contributed by atoms with Crippen LogP contribution >= 0.6 is 0 Å². The van der Waals surface area contributed by atoms with E-state index >= 15 is 0 Å². The minimum absolute atomic E-state index is 0.0563. The Labute approximate surface area is 120 Å². The van der Waals surface area contributed by atoms with Crippen LogP contribution in [-0.2, 0) is 6.61 Å². The van der Waals surface area contributed by atoms with E-state index < -0.39 is 4.92 Å². The van der Waals surface area contributed by atoms with Gasteiger partial charge in [-0.2, -0.15) is 0 Å². The molecule has 0 aliphatic rings. The number of nitro benzene ring substituents is 1. The van der Waals surface area contributed by atoms with E-state index in [9.17, 15) is 10.1 Å². The lowest BCUT2D eigenvalue weighted by atomic mass is 10.2. The van der Waals surface area contributed by atoms with Crippen LogP contribution in [0.2, 0.25) is 0 Å². The molecule has 1 aromatic heterocycles. The number of rotatable bonds is 6. The molecule has 8 heteroatoms. The number of nitro groups is 1. The van der Waals surface area contributed by atoms with Crippen LogP contribution in [0.25, 0.3) is 0 Å². The maximum atomic E-state index is 10.7. The van der Waals surface area contributed by atoms with E-state index in [1.165, 1.54) is 25.3 Å². The molecule has 0 unspecified atom stereocenters. The monoisotopic (exact) mass is 290 g/mol. The van der Waals surface area contributed by atoms with Gasteiger partial charge in [-0.1, -0.05) is 6.07 Å². The van der Waals surface area contributed by atoms with Crippen LogP contribution in [0.15, 0.2) is 36.5 Å². The number of anilines is 1. The quantitative estimate of drug-likeness (QED) is 0.474. The van der Waals surface area contributed by atoms with E-state index in [1.54, 1.807) is 18.3 Å². The van der Waals surface area contributed by atoms with E-state index in [0.717, 1.165) is 5.56 Å². The van der Waals surface area contributed by atoms with Crippen LogP contribution in [0, 0.1) is 10.1 Å². The number of nitrogens with zero attached hydrogens (tertiary/aromatic N) is 2. The van der Waals surface area contributed by atoms with Crippen LogP contribution in [0.4, 0.5) is 11.5 Å². The molecule has 0 bridgehead atoms. The molecule has 110 valence electrons. The molecule has 21 heavy (non-hydrogen) atoms. The molecule has 0 spiro atoms. The predicted molar refractivity (Wildman–Crippen MR) is 76.0 cm³/mol. The minimum atomic E-state index is -0.491. The largest absolute Gasteiger partial charge is 0.493 e. The Morgan fingerprint density at radius 1 is 1.33 bits per heavy atom. The molecule has 0 saturated heterocycles. The Morgan fingerprint density at radius 3 is 2.71 bits per heavy atom. The molecule has 3 N–H and O–H groups in total. The number of non-ortho nitro benzene ring substituents is 1. The van der Waals surface area contributed by atoms with Crippen molar-refractivity contribution in [1.29, 1.82) is 0 Å². The molecule has 0 saturated carbocycles. The number of methoxy groups -OCH3 is 1. The second kappa shape index (κ2) is 6.53. The van der Waals surface area contributed by atoms with Gasteiger partial charge in [-0.25, -0.2) is 10.8 Å². The van der Waals surface area contributed by atoms with Crippen LogP contribution in [0.3, 0.4) is 0 Å². The van der Waals surface area contributed by atoms with Crippen LogP contribution < -0.4 is 20.7 Å². The van der Waals surface area contributed by atoms with Crippen LogP contribution in [0.1, 0.15) is 5.56 Å². The van der Waals surface area contributed by atoms with Gasteiger partial charge in [-0.15, -0.1) is 0 Å². The van der Waals surface area contributed by atoms with E-state index in [4.69, 9.17) is 15.3 Å². The van der Waals surface area contributed by atoms with Gasteiger partial charge >= 0.3 is 0 Å². The van der Waals surface area contributed by atoms with Gasteiger partial charge in [0.15, 0.2) is 11.5 Å². The number of aromatic nitrogens is 1. The van der Waals surface area contributed by atoms with E-state index in [-0.39, 0.29) is 12.3 Å². The number of nitrogens with two attached hydrogens (primary N) is 1. The fourth-order valence-corrected chi connectivity index (χ4v) is 1.65. The predicted octanol–water partition coefficient (Wildman–Crippen LogP) is 1.86. The summed E-state index contributed by atoms with van der Waals surface area (Å²) in [6.45, 7) is 0.256. The fraction of sp³-hybridized carbons (Fsp3) is 0.154. The first-order valence-electron chi connectivity index (χ1n) is 6.01. The molecule has 0 aliphatic heterocycles. The lowest BCUT2D eigenvalue weighted by Gasteiger charge is -2.10. The van der Waals surface area contributed by atoms with Crippen LogP contribution in [-0.4, -0.2) is 17.0 Å². The van der Waals surface area contributed by atoms with Gasteiger partial charge in [-0.3, -0.25) is 10.1 Å². The first-order valence-corrected chi connectivity index (χ1v) is 6.01. The highest BCUT2D eigenvalue weighted by molar-refractivity contribution is 5.48. The van der Waals surface area contributed by atoms with Crippen molar-refractivity contribution in [1.82, 2.24) is 4.98 Å². The Bertz CT molecular complexity index is 631. The van der Waals surface area contributed by atoms with Gasteiger partial charge in [-0.05, 0) is 12.1 Å². The third-order valence-electron chi connectivity index (χ3n) is 2.72. The molecule has 0 radical (unpaired) electrons. The van der Waals surface area contributed by atoms with Crippen molar-refractivity contribution >= 4 is 11.5 Å². The second-order valence-electron chi connectivity index (χ2n) is 4.08. The molecule has 2 rings (SSSR count). The standard InChI is InChI=1S/C13H14N4O4/c1-20-12-6-10(17(18)19)3-4-11(12)21-8-9-2-5-13(16-14)15-7-9/h2-7H,8,14H2,1H3,(H,15,16). The smallest absolute Gasteiger partial charge is 0.273 e. The molecule has 8 nitrogen and oxygen atoms in total. The van der Waals surface area contributed by atoms with Gasteiger partial charge in [0.1, 0.15) is 12.4 Å². The number of pyridine rings is 1. The molecule has 0 amide bonds. The summed E-state index contributed by atoms with van der Waals surface area (Å²) in [6.07, 6.45) is 1.62. The van der Waals surface area contributed by atoms with E-state index in [0.29, 0.717) is 17.3 Å². The molecule has 2 aromatic rings. The van der Waals surface area contributed by atoms with Crippen molar-refractivity contribution < 1.29 is 14.4 Å². The summed E-state index contributed by atoms with van der Waals surface area (Å²) < 4.78 is 10.7. The summed E-state index contributed by atoms with van der Waals surface area (Å²) in [5, 5.41) is 10.7. The average molecular weight is 290 g/mol. The van der Waals surface area contributed by atoms with E-state index in [1.807, 2.05) is 0 Å². The van der Waals surface area contributed by atoms with Gasteiger partial charge in [0.05, 0.1) is 18.1 Å². The van der Waals surface area contributed by atoms with Crippen molar-refractivity contribution in [3.8, 4) is 11.5 Å². The zero-order chi connectivity index (χ0) is 15.2. The third kappa shape index (κ3) is 3.57. The lowest BCUT2D eigenvalue weighted by molar-refractivity contribution is -0.385. The van der Waals surface area contributed by atoms with Crippen molar-refractivity contribution in [2.45, 2.75) is 6.61 Å². The molecule has 0 atom stereocenters. The Hall–Kier alpha value is -2.87. The topological polar surface area (TPSA) is 113 Å². The summed E-state index contributed by atoms with van der Waals surface area (Å²) >= 11 is 0. The lowest BCUT2D eigenvalue weighted by Crippen LogP contribution is -2.08. The van der Waals surface area contributed by atoms with Crippen molar-refractivity contribution in [2.24, 2.45) is 5.84 Å². The highest BCUT2D eigenvalue weighted by atomic mass is 16.6. The Kier molecular flexibility index (Phi) is 4.52. The van der Waals surface area contributed by atoms with Gasteiger partial charge in [0, 0.05) is 17.8 Å². The minimum Gasteiger partial charge on any atom is -0.493 e. The number of hydrazine groups is 1. The van der Waals surface area contributed by atoms with Crippen molar-refractivity contribution in [3.05, 3.63) is 52.2 Å². The summed E-state index contributed by atoms with van der Waals surface area (Å²) in [7, 11) is 1.43. The Morgan fingerprint density at radius 2 is 2.14 bits per heavy atom. The highest BCUT2D eigenvalue weighted by Gasteiger charge is 2.12. The summed E-state index contributed by atoms with van der Waals surface area (Å²) in [6, 6.07) is 7.69. The fourth-order valence-electron chi connectivity index (χ4n) is 1.65. The highest BCUT2D eigenvalue weighted by Crippen LogP contribution is 2.31. The zero-order valence-corrected chi connectivity index (χ0v) is 11.3. The van der Waals surface area contributed by atoms with Gasteiger partial charge in [0.25, 0.3) is 5.69 Å². The summed E-state index contributed by atoms with van der Waals surface area (Å²) in [5.74, 6) is 6.50. The van der Waals surface area contributed by atoms with E-state index in [2.05, 4.69) is 10.4 Å². The molecule has 0 fully saturated rings. The SMILES string of the molecule is COc1cc([N+](=O)[O-])ccc1OCc1ccc(NN)nc1. The molecular weight excluding hydrogens is 276 g/mol. The first kappa shape index (κ1) is 14.5. The molecule has 1 aromatic carbocycles. The number of nitrogen functional groups attached to an aromatic ring is 1. The Balaban J connectivity index is 2.09. The zero-order valence-electron chi connectivity index (χ0n) is 11.3. The maximum Gasteiger partial charge on any atom is 0.273 e. The van der Waals surface area contributed by atoms with Crippen molar-refractivity contribution in [3.63, 3.8) is 0 Å². The maximum absolute atomic E-state index is 10.7. The first-order chi connectivity index (χ1) is 10.1. The van der Waals surface area contributed by atoms with Crippen LogP contribution in [0.5, 0.6) is 11.5 Å². The molecular formula is C13H14N4O4. The van der Waals surface area contributed by atoms with Gasteiger partial charge in [0.2, 0.25) is 0 Å². The molecule has 0 aliphatic carbocycles. The molecule has 1 heterocycles. The number of benzene rings is 1. The summed E-state index contributed by atoms with van der Waals surface area (Å²) in [4.78, 5) is 14.3. The number of hydrogen-bond acceptors (Lipinski definition) is 7. The van der Waals surface area contributed by atoms with Crippen molar-refractivity contribution in [2.75, 3.05) is 12.5 Å². The second-order valence-corrected chi connectivity index (χ2v) is 4.08.